The number of piperidine rings is 1. The van der Waals surface area contributed by atoms with Gasteiger partial charge in [0.05, 0.1) is 30.6 Å². The average Bonchev–Trinajstić information content (AvgIpc) is 3.21. The van der Waals surface area contributed by atoms with E-state index in [0.29, 0.717) is 26.1 Å². The zero-order chi connectivity index (χ0) is 17.9. The second-order valence-corrected chi connectivity index (χ2v) is 6.67. The van der Waals surface area contributed by atoms with Gasteiger partial charge < -0.3 is 20.1 Å². The van der Waals surface area contributed by atoms with Crippen LogP contribution in [0, 0.1) is 0 Å². The van der Waals surface area contributed by atoms with Crippen molar-refractivity contribution in [1.82, 2.24) is 14.7 Å². The minimum atomic E-state index is -4.47. The summed E-state index contributed by atoms with van der Waals surface area (Å²) in [6.45, 7) is 4.56. The van der Waals surface area contributed by atoms with E-state index in [4.69, 9.17) is 15.2 Å². The molecule has 1 unspecified atom stereocenters. The summed E-state index contributed by atoms with van der Waals surface area (Å²) in [5.74, 6) is 0. The van der Waals surface area contributed by atoms with Gasteiger partial charge in [-0.15, -0.1) is 0 Å². The predicted octanol–water partition coefficient (Wildman–Crippen LogP) is 2.32. The van der Waals surface area contributed by atoms with Gasteiger partial charge >= 0.3 is 6.18 Å². The highest BCUT2D eigenvalue weighted by Crippen LogP contribution is 2.36. The van der Waals surface area contributed by atoms with Crippen molar-refractivity contribution >= 4 is 5.69 Å². The number of ether oxygens (including phenoxy) is 2. The maximum Gasteiger partial charge on any atom is 0.435 e. The first-order valence-electron chi connectivity index (χ1n) is 8.77. The zero-order valence-electron chi connectivity index (χ0n) is 14.2. The Morgan fingerprint density at radius 2 is 2.04 bits per heavy atom. The van der Waals surface area contributed by atoms with Gasteiger partial charge in [0.2, 0.25) is 0 Å². The van der Waals surface area contributed by atoms with E-state index in [9.17, 15) is 13.2 Å². The van der Waals surface area contributed by atoms with E-state index in [0.717, 1.165) is 50.0 Å². The fraction of sp³-hybridized carbons (Fsp3) is 0.812. The molecular formula is C16H25F3N4O2. The molecule has 0 spiro atoms. The Balaban J connectivity index is 1.43. The van der Waals surface area contributed by atoms with Crippen LogP contribution in [0.4, 0.5) is 18.9 Å². The first kappa shape index (κ1) is 18.5. The van der Waals surface area contributed by atoms with Crippen LogP contribution in [0.25, 0.3) is 0 Å². The molecule has 0 bridgehead atoms. The molecule has 25 heavy (non-hydrogen) atoms. The monoisotopic (exact) mass is 362 g/mol. The number of likely N-dealkylation sites (tertiary alicyclic amines) is 1. The topological polar surface area (TPSA) is 65.5 Å². The van der Waals surface area contributed by atoms with E-state index in [-0.39, 0.29) is 17.8 Å². The van der Waals surface area contributed by atoms with Crippen molar-refractivity contribution < 1.29 is 22.6 Å². The molecule has 2 aliphatic heterocycles. The molecule has 0 aliphatic carbocycles. The van der Waals surface area contributed by atoms with Gasteiger partial charge in [-0.1, -0.05) is 0 Å². The van der Waals surface area contributed by atoms with Crippen molar-refractivity contribution in [3.8, 4) is 0 Å². The molecule has 3 rings (SSSR count). The molecule has 142 valence electrons. The molecule has 1 aromatic rings. The van der Waals surface area contributed by atoms with Crippen molar-refractivity contribution in [1.29, 1.82) is 0 Å². The molecule has 0 radical (unpaired) electrons. The number of rotatable bonds is 6. The fourth-order valence-corrected chi connectivity index (χ4v) is 3.52. The summed E-state index contributed by atoms with van der Waals surface area (Å²) >= 11 is 0. The van der Waals surface area contributed by atoms with Crippen LogP contribution in [0.3, 0.4) is 0 Å². The number of anilines is 1. The molecular weight excluding hydrogens is 337 g/mol. The standard InChI is InChI=1S/C16H25F3N4O2/c17-16(18,19)15-14(20)10-21-23(15)12-2-6-22(7-3-12)5-1-8-25-13-4-9-24-11-13/h10,12-13H,1-9,11,20H2. The molecule has 3 heterocycles. The van der Waals surface area contributed by atoms with Gasteiger partial charge in [-0.05, 0) is 25.7 Å². The van der Waals surface area contributed by atoms with Crippen molar-refractivity contribution in [3.63, 3.8) is 0 Å². The van der Waals surface area contributed by atoms with Gasteiger partial charge in [0, 0.05) is 32.8 Å². The van der Waals surface area contributed by atoms with E-state index >= 15 is 0 Å². The predicted molar refractivity (Wildman–Crippen MR) is 86.1 cm³/mol. The smallest absolute Gasteiger partial charge is 0.396 e. The molecule has 6 nitrogen and oxygen atoms in total. The third-order valence-corrected chi connectivity index (χ3v) is 4.86. The minimum absolute atomic E-state index is 0.219. The normalized spacial score (nSPS) is 23.4. The SMILES string of the molecule is Nc1cnn(C2CCN(CCCOC3CCOC3)CC2)c1C(F)(F)F. The number of alkyl halides is 3. The lowest BCUT2D eigenvalue weighted by Gasteiger charge is -2.33. The van der Waals surface area contributed by atoms with Crippen LogP contribution in [0.1, 0.15) is 37.4 Å². The summed E-state index contributed by atoms with van der Waals surface area (Å²) in [7, 11) is 0. The fourth-order valence-electron chi connectivity index (χ4n) is 3.52. The molecule has 0 saturated carbocycles. The number of hydrogen-bond acceptors (Lipinski definition) is 5. The first-order valence-corrected chi connectivity index (χ1v) is 8.77. The van der Waals surface area contributed by atoms with Crippen LogP contribution in [0.2, 0.25) is 0 Å². The Kier molecular flexibility index (Phi) is 5.85. The quantitative estimate of drug-likeness (QED) is 0.787. The lowest BCUT2D eigenvalue weighted by atomic mass is 10.0. The van der Waals surface area contributed by atoms with Crippen molar-refractivity contribution in [2.75, 3.05) is 45.2 Å². The highest BCUT2D eigenvalue weighted by molar-refractivity contribution is 5.43. The number of aromatic nitrogens is 2. The molecule has 0 amide bonds. The zero-order valence-corrected chi connectivity index (χ0v) is 14.2. The molecule has 2 fully saturated rings. The minimum Gasteiger partial charge on any atom is -0.396 e. The lowest BCUT2D eigenvalue weighted by Crippen LogP contribution is -2.37. The van der Waals surface area contributed by atoms with E-state index in [1.807, 2.05) is 0 Å². The van der Waals surface area contributed by atoms with Crippen LogP contribution in [0.15, 0.2) is 6.20 Å². The third kappa shape index (κ3) is 4.65. The Hall–Kier alpha value is -1.32. The largest absolute Gasteiger partial charge is 0.435 e. The van der Waals surface area contributed by atoms with Gasteiger partial charge in [0.1, 0.15) is 0 Å². The lowest BCUT2D eigenvalue weighted by molar-refractivity contribution is -0.144. The maximum absolute atomic E-state index is 13.1. The Bertz CT molecular complexity index is 550. The maximum atomic E-state index is 13.1. The van der Waals surface area contributed by atoms with Crippen molar-refractivity contribution in [2.24, 2.45) is 0 Å². The Morgan fingerprint density at radius 3 is 2.68 bits per heavy atom. The third-order valence-electron chi connectivity index (χ3n) is 4.86. The van der Waals surface area contributed by atoms with E-state index in [1.54, 1.807) is 0 Å². The summed E-state index contributed by atoms with van der Waals surface area (Å²) in [6.07, 6.45) is 0.00194. The number of nitrogen functional groups attached to an aromatic ring is 1. The van der Waals surface area contributed by atoms with E-state index in [2.05, 4.69) is 10.00 Å². The first-order chi connectivity index (χ1) is 11.9. The number of nitrogens with zero attached hydrogens (tertiary/aromatic N) is 3. The molecule has 0 aromatic carbocycles. The number of nitrogens with two attached hydrogens (primary N) is 1. The summed E-state index contributed by atoms with van der Waals surface area (Å²) in [5.41, 5.74) is 4.33. The van der Waals surface area contributed by atoms with E-state index < -0.39 is 11.9 Å². The molecule has 2 N–H and O–H groups in total. The summed E-state index contributed by atoms with van der Waals surface area (Å²) < 4.78 is 51.5. The Morgan fingerprint density at radius 1 is 1.28 bits per heavy atom. The van der Waals surface area contributed by atoms with Crippen LogP contribution in [-0.4, -0.2) is 60.2 Å². The van der Waals surface area contributed by atoms with E-state index in [1.165, 1.54) is 0 Å². The molecule has 2 aliphatic rings. The van der Waals surface area contributed by atoms with Crippen LogP contribution < -0.4 is 5.73 Å². The molecule has 1 aromatic heterocycles. The van der Waals surface area contributed by atoms with Crippen molar-refractivity contribution in [3.05, 3.63) is 11.9 Å². The summed E-state index contributed by atoms with van der Waals surface area (Å²) in [6, 6.07) is -0.253. The van der Waals surface area contributed by atoms with Gasteiger partial charge in [0.15, 0.2) is 5.69 Å². The van der Waals surface area contributed by atoms with Gasteiger partial charge in [-0.3, -0.25) is 4.68 Å². The van der Waals surface area contributed by atoms with Crippen LogP contribution in [-0.2, 0) is 15.7 Å². The summed E-state index contributed by atoms with van der Waals surface area (Å²) in [5, 5.41) is 3.87. The van der Waals surface area contributed by atoms with Gasteiger partial charge in [0.25, 0.3) is 0 Å². The number of hydrogen-bond donors (Lipinski definition) is 1. The van der Waals surface area contributed by atoms with Gasteiger partial charge in [-0.25, -0.2) is 0 Å². The highest BCUT2D eigenvalue weighted by atomic mass is 19.4. The summed E-state index contributed by atoms with van der Waals surface area (Å²) in [4.78, 5) is 2.27. The Labute approximate surface area is 145 Å². The highest BCUT2D eigenvalue weighted by Gasteiger charge is 2.39. The number of halogens is 3. The second kappa shape index (κ2) is 7.92. The second-order valence-electron chi connectivity index (χ2n) is 6.67. The van der Waals surface area contributed by atoms with Crippen molar-refractivity contribution in [2.45, 2.75) is 44.0 Å². The van der Waals surface area contributed by atoms with Gasteiger partial charge in [-0.2, -0.15) is 18.3 Å². The van der Waals surface area contributed by atoms with Crippen LogP contribution >= 0.6 is 0 Å². The molecule has 9 heteroatoms. The van der Waals surface area contributed by atoms with Crippen LogP contribution in [0.5, 0.6) is 0 Å². The molecule has 1 atom stereocenters. The molecule has 2 saturated heterocycles. The average molecular weight is 362 g/mol.